The van der Waals surface area contributed by atoms with E-state index in [1.807, 2.05) is 31.2 Å². The zero-order valence-electron chi connectivity index (χ0n) is 13.1. The number of amides is 1. The monoisotopic (exact) mass is 304 g/mol. The Morgan fingerprint density at radius 1 is 1.32 bits per heavy atom. The average molecular weight is 304 g/mol. The minimum absolute atomic E-state index is 0.0154. The first-order valence-electron chi connectivity index (χ1n) is 7.94. The molecule has 0 unspecified atom stereocenters. The standard InChI is InChI=1S/C17H24N2O3/c1-14-3-2-4-15(11-14)16(20)19-6-5-17(21,13-19)12-18-7-9-22-10-8-18/h2-4,11,21H,5-10,12-13H2,1H3/t17-/m0/s1. The van der Waals surface area contributed by atoms with Gasteiger partial charge in [-0.25, -0.2) is 0 Å². The van der Waals surface area contributed by atoms with Gasteiger partial charge in [0.25, 0.3) is 5.91 Å². The number of morpholine rings is 1. The Morgan fingerprint density at radius 3 is 2.82 bits per heavy atom. The average Bonchev–Trinajstić information content (AvgIpc) is 2.89. The zero-order valence-corrected chi connectivity index (χ0v) is 13.1. The number of carbonyl (C=O) groups excluding carboxylic acids is 1. The maximum Gasteiger partial charge on any atom is 0.253 e. The molecule has 0 radical (unpaired) electrons. The third-order valence-corrected chi connectivity index (χ3v) is 4.51. The second-order valence-electron chi connectivity index (χ2n) is 6.46. The van der Waals surface area contributed by atoms with Gasteiger partial charge in [-0.1, -0.05) is 17.7 Å². The highest BCUT2D eigenvalue weighted by molar-refractivity contribution is 5.94. The maximum absolute atomic E-state index is 12.6. The molecule has 0 aliphatic carbocycles. The number of likely N-dealkylation sites (tertiary alicyclic amines) is 1. The molecule has 120 valence electrons. The number of hydrogen-bond donors (Lipinski definition) is 1. The quantitative estimate of drug-likeness (QED) is 0.902. The van der Waals surface area contributed by atoms with Crippen molar-refractivity contribution in [3.05, 3.63) is 35.4 Å². The number of β-amino-alcohol motifs (C(OH)–C–C–N with tert-alkyl or cyclic N) is 1. The molecule has 3 rings (SSSR count). The summed E-state index contributed by atoms with van der Waals surface area (Å²) in [5.74, 6) is 0.0154. The first kappa shape index (κ1) is 15.5. The number of aryl methyl sites for hydroxylation is 1. The van der Waals surface area contributed by atoms with Crippen LogP contribution in [0.25, 0.3) is 0 Å². The Bertz CT molecular complexity index is 542. The van der Waals surface area contributed by atoms with E-state index in [0.717, 1.165) is 31.9 Å². The summed E-state index contributed by atoms with van der Waals surface area (Å²) in [7, 11) is 0. The predicted molar refractivity (Wildman–Crippen MR) is 83.9 cm³/mol. The maximum atomic E-state index is 12.6. The van der Waals surface area contributed by atoms with Crippen molar-refractivity contribution in [2.75, 3.05) is 45.9 Å². The van der Waals surface area contributed by atoms with E-state index in [0.29, 0.717) is 31.6 Å². The minimum Gasteiger partial charge on any atom is -0.387 e. The molecule has 1 atom stereocenters. The van der Waals surface area contributed by atoms with Gasteiger partial charge in [-0.15, -0.1) is 0 Å². The molecule has 1 N–H and O–H groups in total. The summed E-state index contributed by atoms with van der Waals surface area (Å²) < 4.78 is 5.34. The van der Waals surface area contributed by atoms with Crippen LogP contribution in [0.3, 0.4) is 0 Å². The molecule has 2 fully saturated rings. The van der Waals surface area contributed by atoms with E-state index in [1.165, 1.54) is 0 Å². The Morgan fingerprint density at radius 2 is 2.09 bits per heavy atom. The number of nitrogens with zero attached hydrogens (tertiary/aromatic N) is 2. The van der Waals surface area contributed by atoms with Gasteiger partial charge in [-0.3, -0.25) is 9.69 Å². The molecule has 0 spiro atoms. The lowest BCUT2D eigenvalue weighted by Gasteiger charge is -2.33. The summed E-state index contributed by atoms with van der Waals surface area (Å²) in [6.07, 6.45) is 0.641. The van der Waals surface area contributed by atoms with E-state index in [1.54, 1.807) is 4.90 Å². The van der Waals surface area contributed by atoms with Gasteiger partial charge in [0.05, 0.1) is 25.4 Å². The molecule has 1 aromatic rings. The number of ether oxygens (including phenoxy) is 1. The van der Waals surface area contributed by atoms with Gasteiger partial charge in [0, 0.05) is 31.7 Å². The van der Waals surface area contributed by atoms with Gasteiger partial charge in [0.1, 0.15) is 0 Å². The Hall–Kier alpha value is -1.43. The highest BCUT2D eigenvalue weighted by atomic mass is 16.5. The van der Waals surface area contributed by atoms with Crippen LogP contribution in [0.15, 0.2) is 24.3 Å². The summed E-state index contributed by atoms with van der Waals surface area (Å²) >= 11 is 0. The Kier molecular flexibility index (Phi) is 4.47. The molecule has 2 aliphatic heterocycles. The number of carbonyl (C=O) groups is 1. The van der Waals surface area contributed by atoms with Crippen LogP contribution in [0.5, 0.6) is 0 Å². The van der Waals surface area contributed by atoms with E-state index in [2.05, 4.69) is 4.90 Å². The van der Waals surface area contributed by atoms with E-state index in [4.69, 9.17) is 4.74 Å². The van der Waals surface area contributed by atoms with Gasteiger partial charge in [0.2, 0.25) is 0 Å². The van der Waals surface area contributed by atoms with Crippen molar-refractivity contribution in [3.63, 3.8) is 0 Å². The molecular weight excluding hydrogens is 280 g/mol. The molecule has 5 heteroatoms. The molecule has 2 aliphatic rings. The number of rotatable bonds is 3. The van der Waals surface area contributed by atoms with Crippen molar-refractivity contribution in [1.29, 1.82) is 0 Å². The first-order chi connectivity index (χ1) is 10.6. The summed E-state index contributed by atoms with van der Waals surface area (Å²) in [6, 6.07) is 7.63. The van der Waals surface area contributed by atoms with Crippen LogP contribution >= 0.6 is 0 Å². The Labute approximate surface area is 131 Å². The lowest BCUT2D eigenvalue weighted by Crippen LogP contribution is -2.49. The van der Waals surface area contributed by atoms with Crippen molar-refractivity contribution >= 4 is 5.91 Å². The van der Waals surface area contributed by atoms with Crippen molar-refractivity contribution in [3.8, 4) is 0 Å². The van der Waals surface area contributed by atoms with Crippen molar-refractivity contribution < 1.29 is 14.6 Å². The second-order valence-corrected chi connectivity index (χ2v) is 6.46. The van der Waals surface area contributed by atoms with Gasteiger partial charge < -0.3 is 14.7 Å². The van der Waals surface area contributed by atoms with Crippen LogP contribution in [-0.2, 0) is 4.74 Å². The van der Waals surface area contributed by atoms with Crippen LogP contribution < -0.4 is 0 Å². The van der Waals surface area contributed by atoms with Gasteiger partial charge >= 0.3 is 0 Å². The third-order valence-electron chi connectivity index (χ3n) is 4.51. The minimum atomic E-state index is -0.795. The number of hydrogen-bond acceptors (Lipinski definition) is 4. The van der Waals surface area contributed by atoms with Gasteiger partial charge in [-0.2, -0.15) is 0 Å². The Balaban J connectivity index is 1.62. The van der Waals surface area contributed by atoms with Crippen molar-refractivity contribution in [2.45, 2.75) is 18.9 Å². The van der Waals surface area contributed by atoms with Crippen LogP contribution in [0, 0.1) is 6.92 Å². The molecule has 0 bridgehead atoms. The fraction of sp³-hybridized carbons (Fsp3) is 0.588. The van der Waals surface area contributed by atoms with E-state index in [-0.39, 0.29) is 5.91 Å². The number of benzene rings is 1. The van der Waals surface area contributed by atoms with Crippen molar-refractivity contribution in [1.82, 2.24) is 9.80 Å². The molecule has 0 aromatic heterocycles. The third kappa shape index (κ3) is 3.48. The second kappa shape index (κ2) is 6.36. The van der Waals surface area contributed by atoms with Crippen LogP contribution in [0.4, 0.5) is 0 Å². The van der Waals surface area contributed by atoms with Crippen molar-refractivity contribution in [2.24, 2.45) is 0 Å². The molecule has 22 heavy (non-hydrogen) atoms. The molecular formula is C17H24N2O3. The lowest BCUT2D eigenvalue weighted by atomic mass is 10.0. The largest absolute Gasteiger partial charge is 0.387 e. The number of aliphatic hydroxyl groups is 1. The van der Waals surface area contributed by atoms with Crippen LogP contribution in [-0.4, -0.2) is 72.4 Å². The molecule has 2 saturated heterocycles. The van der Waals surface area contributed by atoms with E-state index >= 15 is 0 Å². The van der Waals surface area contributed by atoms with Gasteiger partial charge in [-0.05, 0) is 25.5 Å². The van der Waals surface area contributed by atoms with E-state index < -0.39 is 5.60 Å². The summed E-state index contributed by atoms with van der Waals surface area (Å²) in [5, 5.41) is 10.8. The van der Waals surface area contributed by atoms with Crippen LogP contribution in [0.2, 0.25) is 0 Å². The molecule has 5 nitrogen and oxygen atoms in total. The fourth-order valence-electron chi connectivity index (χ4n) is 3.30. The zero-order chi connectivity index (χ0) is 15.6. The van der Waals surface area contributed by atoms with Gasteiger partial charge in [0.15, 0.2) is 0 Å². The summed E-state index contributed by atoms with van der Waals surface area (Å²) in [4.78, 5) is 16.6. The molecule has 0 saturated carbocycles. The lowest BCUT2D eigenvalue weighted by molar-refractivity contribution is -0.0257. The fourth-order valence-corrected chi connectivity index (χ4v) is 3.30. The summed E-state index contributed by atoms with van der Waals surface area (Å²) in [5.41, 5.74) is 0.987. The molecule has 1 amide bonds. The van der Waals surface area contributed by atoms with E-state index in [9.17, 15) is 9.90 Å². The smallest absolute Gasteiger partial charge is 0.253 e. The SMILES string of the molecule is Cc1cccc(C(=O)N2CC[C@](O)(CN3CCOCC3)C2)c1. The molecule has 1 aromatic carbocycles. The predicted octanol–water partition coefficient (Wildman–Crippen LogP) is 0.904. The highest BCUT2D eigenvalue weighted by Gasteiger charge is 2.39. The highest BCUT2D eigenvalue weighted by Crippen LogP contribution is 2.24. The normalized spacial score (nSPS) is 26.4. The first-order valence-corrected chi connectivity index (χ1v) is 7.94. The topological polar surface area (TPSA) is 53.0 Å². The summed E-state index contributed by atoms with van der Waals surface area (Å²) in [6.45, 7) is 6.79. The van der Waals surface area contributed by atoms with Crippen LogP contribution in [0.1, 0.15) is 22.3 Å². The molecule has 2 heterocycles.